The molecule has 1 aliphatic heterocycles. The van der Waals surface area contributed by atoms with E-state index in [4.69, 9.17) is 23.8 Å². The van der Waals surface area contributed by atoms with Crippen LogP contribution in [0, 0.1) is 11.7 Å². The minimum Gasteiger partial charge on any atom is -0.340 e. The van der Waals surface area contributed by atoms with Crippen molar-refractivity contribution in [3.63, 3.8) is 0 Å². The first-order valence-corrected chi connectivity index (χ1v) is 11.6. The van der Waals surface area contributed by atoms with Gasteiger partial charge in [-0.1, -0.05) is 35.4 Å². The highest BCUT2D eigenvalue weighted by Gasteiger charge is 2.22. The van der Waals surface area contributed by atoms with E-state index >= 15 is 0 Å². The molecule has 158 valence electrons. The molecule has 1 N–H and O–H groups in total. The molecule has 1 amide bonds. The molecule has 0 radical (unpaired) electrons. The number of H-pyrrole nitrogens is 1. The number of nitrogens with one attached hydrogen (secondary N) is 1. The molecule has 0 spiro atoms. The molecule has 4 rings (SSSR count). The van der Waals surface area contributed by atoms with Crippen molar-refractivity contribution in [3.05, 3.63) is 55.9 Å². The van der Waals surface area contributed by atoms with Crippen molar-refractivity contribution in [2.24, 2.45) is 0 Å². The Morgan fingerprint density at radius 1 is 1.23 bits per heavy atom. The molecule has 9 heteroatoms. The Labute approximate surface area is 190 Å². The van der Waals surface area contributed by atoms with E-state index < -0.39 is 0 Å². The van der Waals surface area contributed by atoms with Crippen molar-refractivity contribution < 1.29 is 4.79 Å². The van der Waals surface area contributed by atoms with E-state index in [1.807, 2.05) is 40.7 Å². The number of aromatic nitrogens is 3. The van der Waals surface area contributed by atoms with E-state index in [-0.39, 0.29) is 5.91 Å². The second-order valence-corrected chi connectivity index (χ2v) is 9.67. The van der Waals surface area contributed by atoms with Crippen LogP contribution in [0.1, 0.15) is 16.9 Å². The molecule has 3 aromatic rings. The zero-order valence-corrected chi connectivity index (χ0v) is 19.2. The fraction of sp³-hybridized carbons (Fsp3) is 0.381. The highest BCUT2D eigenvalue weighted by Crippen LogP contribution is 2.23. The van der Waals surface area contributed by atoms with Crippen molar-refractivity contribution in [1.82, 2.24) is 24.6 Å². The van der Waals surface area contributed by atoms with Crippen LogP contribution in [0.25, 0.3) is 11.4 Å². The zero-order valence-electron chi connectivity index (χ0n) is 16.8. The fourth-order valence-electron chi connectivity index (χ4n) is 3.71. The number of nitrogens with zero attached hydrogens (tertiary/aromatic N) is 4. The van der Waals surface area contributed by atoms with Crippen LogP contribution in [-0.4, -0.2) is 56.7 Å². The maximum atomic E-state index is 12.8. The lowest BCUT2D eigenvalue weighted by atomic mass is 10.1. The monoisotopic (exact) mass is 461 g/mol. The van der Waals surface area contributed by atoms with Crippen LogP contribution in [0.2, 0.25) is 4.34 Å². The van der Waals surface area contributed by atoms with Gasteiger partial charge in [-0.05, 0) is 37.3 Å². The molecule has 0 aliphatic carbocycles. The van der Waals surface area contributed by atoms with Crippen LogP contribution in [-0.2, 0) is 17.9 Å². The smallest absolute Gasteiger partial charge is 0.224 e. The summed E-state index contributed by atoms with van der Waals surface area (Å²) in [7, 11) is 0. The highest BCUT2D eigenvalue weighted by atomic mass is 35.5. The first-order valence-electron chi connectivity index (χ1n) is 9.96. The maximum absolute atomic E-state index is 12.8. The number of carbonyl (C=O) groups is 1. The van der Waals surface area contributed by atoms with Crippen LogP contribution < -0.4 is 0 Å². The van der Waals surface area contributed by atoms with Gasteiger partial charge in [0.2, 0.25) is 5.91 Å². The molecule has 1 saturated heterocycles. The lowest BCUT2D eigenvalue weighted by Gasteiger charge is -2.34. The zero-order chi connectivity index (χ0) is 21.1. The Kier molecular flexibility index (Phi) is 6.67. The molecule has 1 fully saturated rings. The Morgan fingerprint density at radius 3 is 2.73 bits per heavy atom. The number of carbonyl (C=O) groups excluding carboxylic acids is 1. The van der Waals surface area contributed by atoms with E-state index in [1.165, 1.54) is 4.88 Å². The lowest BCUT2D eigenvalue weighted by molar-refractivity contribution is -0.133. The summed E-state index contributed by atoms with van der Waals surface area (Å²) < 4.78 is 3.28. The van der Waals surface area contributed by atoms with Gasteiger partial charge in [-0.15, -0.1) is 11.3 Å². The summed E-state index contributed by atoms with van der Waals surface area (Å²) in [6, 6.07) is 12.1. The summed E-state index contributed by atoms with van der Waals surface area (Å²) in [6.45, 7) is 6.71. The number of aromatic amines is 1. The van der Waals surface area contributed by atoms with Crippen LogP contribution in [0.15, 0.2) is 36.4 Å². The van der Waals surface area contributed by atoms with Gasteiger partial charge >= 0.3 is 0 Å². The fourth-order valence-corrected chi connectivity index (χ4v) is 5.06. The number of halogens is 1. The van der Waals surface area contributed by atoms with Crippen molar-refractivity contribution in [2.45, 2.75) is 26.4 Å². The minimum absolute atomic E-state index is 0.159. The van der Waals surface area contributed by atoms with Crippen molar-refractivity contribution in [2.75, 3.05) is 26.2 Å². The number of hydrogen-bond donors (Lipinski definition) is 1. The third-order valence-corrected chi connectivity index (χ3v) is 6.84. The third kappa shape index (κ3) is 5.00. The molecule has 1 aromatic carbocycles. The molecule has 6 nitrogen and oxygen atoms in total. The predicted octanol–water partition coefficient (Wildman–Crippen LogP) is 4.37. The molecule has 3 heterocycles. The number of rotatable bonds is 6. The van der Waals surface area contributed by atoms with Gasteiger partial charge in [0.15, 0.2) is 10.6 Å². The second kappa shape index (κ2) is 9.43. The lowest BCUT2D eigenvalue weighted by Crippen LogP contribution is -2.48. The van der Waals surface area contributed by atoms with E-state index in [9.17, 15) is 4.79 Å². The quantitative estimate of drug-likeness (QED) is 0.554. The van der Waals surface area contributed by atoms with Crippen molar-refractivity contribution >= 4 is 41.1 Å². The summed E-state index contributed by atoms with van der Waals surface area (Å²) in [6.07, 6.45) is 0.410. The Balaban J connectivity index is 1.33. The van der Waals surface area contributed by atoms with Gasteiger partial charge < -0.3 is 4.90 Å². The van der Waals surface area contributed by atoms with Crippen LogP contribution in [0.4, 0.5) is 0 Å². The number of aryl methyl sites for hydroxylation is 1. The molecule has 2 aromatic heterocycles. The molecular weight excluding hydrogens is 438 g/mol. The Hall–Kier alpha value is -2.00. The molecule has 0 atom stereocenters. The summed E-state index contributed by atoms with van der Waals surface area (Å²) in [4.78, 5) is 18.4. The Bertz CT molecular complexity index is 1080. The number of piperazine rings is 1. The SMILES string of the molecule is Cc1cccc(-c2n[nH]c(=S)n2CCC(=O)N2CCN(Cc3ccc(Cl)s3)CC2)c1. The number of hydrogen-bond acceptors (Lipinski definition) is 5. The van der Waals surface area contributed by atoms with E-state index in [0.717, 1.165) is 54.0 Å². The Morgan fingerprint density at radius 2 is 2.03 bits per heavy atom. The van der Waals surface area contributed by atoms with Gasteiger partial charge in [-0.3, -0.25) is 19.4 Å². The van der Waals surface area contributed by atoms with Gasteiger partial charge in [0.25, 0.3) is 0 Å². The number of benzene rings is 1. The van der Waals surface area contributed by atoms with Gasteiger partial charge in [0.05, 0.1) is 4.34 Å². The second-order valence-electron chi connectivity index (χ2n) is 7.49. The summed E-state index contributed by atoms with van der Waals surface area (Å²) >= 11 is 13.0. The van der Waals surface area contributed by atoms with Gasteiger partial charge in [-0.2, -0.15) is 5.10 Å². The van der Waals surface area contributed by atoms with Crippen LogP contribution >= 0.6 is 35.2 Å². The van der Waals surface area contributed by atoms with Crippen LogP contribution in [0.5, 0.6) is 0 Å². The van der Waals surface area contributed by atoms with E-state index in [0.29, 0.717) is 17.7 Å². The van der Waals surface area contributed by atoms with E-state index in [1.54, 1.807) is 11.3 Å². The average Bonchev–Trinajstić information content (AvgIpc) is 3.31. The first kappa shape index (κ1) is 21.2. The molecule has 1 aliphatic rings. The molecule has 0 unspecified atom stereocenters. The maximum Gasteiger partial charge on any atom is 0.224 e. The first-order chi connectivity index (χ1) is 14.5. The number of amides is 1. The summed E-state index contributed by atoms with van der Waals surface area (Å²) in [5.74, 6) is 0.933. The van der Waals surface area contributed by atoms with E-state index in [2.05, 4.69) is 27.2 Å². The van der Waals surface area contributed by atoms with Crippen molar-refractivity contribution in [3.8, 4) is 11.4 Å². The molecule has 0 saturated carbocycles. The summed E-state index contributed by atoms with van der Waals surface area (Å²) in [5.41, 5.74) is 2.16. The van der Waals surface area contributed by atoms with Crippen LogP contribution in [0.3, 0.4) is 0 Å². The largest absolute Gasteiger partial charge is 0.340 e. The van der Waals surface area contributed by atoms with Gasteiger partial charge in [-0.25, -0.2) is 0 Å². The average molecular weight is 462 g/mol. The van der Waals surface area contributed by atoms with Gasteiger partial charge in [0, 0.05) is 56.1 Å². The third-order valence-electron chi connectivity index (χ3n) is 5.32. The molecular formula is C21H24ClN5OS2. The normalized spacial score (nSPS) is 14.9. The summed E-state index contributed by atoms with van der Waals surface area (Å²) in [5, 5.41) is 7.24. The topological polar surface area (TPSA) is 57.2 Å². The van der Waals surface area contributed by atoms with Gasteiger partial charge in [0.1, 0.15) is 0 Å². The highest BCUT2D eigenvalue weighted by molar-refractivity contribution is 7.71. The van der Waals surface area contributed by atoms with Crippen molar-refractivity contribution in [1.29, 1.82) is 0 Å². The standard InChI is InChI=1S/C21H24ClN5OS2/c1-15-3-2-4-16(13-15)20-23-24-21(29)27(20)8-7-19(28)26-11-9-25(10-12-26)14-17-5-6-18(22)30-17/h2-6,13H,7-12,14H2,1H3,(H,24,29). The minimum atomic E-state index is 0.159. The molecule has 0 bridgehead atoms. The predicted molar refractivity (Wildman–Crippen MR) is 123 cm³/mol. The number of thiophene rings is 1. The molecule has 30 heavy (non-hydrogen) atoms.